The molecular formula is C12H14BrNOS. The van der Waals surface area contributed by atoms with Crippen molar-refractivity contribution in [3.63, 3.8) is 0 Å². The molecule has 2 aromatic rings. The van der Waals surface area contributed by atoms with Crippen LogP contribution in [0.1, 0.15) is 19.3 Å². The van der Waals surface area contributed by atoms with Crippen LogP contribution in [-0.4, -0.2) is 9.90 Å². The van der Waals surface area contributed by atoms with Crippen molar-refractivity contribution in [2.75, 3.05) is 5.33 Å². The number of halogens is 1. The molecular weight excluding hydrogens is 286 g/mol. The summed E-state index contributed by atoms with van der Waals surface area (Å²) in [5.74, 6) is 0. The maximum absolute atomic E-state index is 12.0. The normalized spacial score (nSPS) is 11.1. The predicted molar refractivity (Wildman–Crippen MR) is 73.7 cm³/mol. The first kappa shape index (κ1) is 11.9. The lowest BCUT2D eigenvalue weighted by atomic mass is 10.2. The quantitative estimate of drug-likeness (QED) is 0.610. The Bertz CT molecular complexity index is 517. The molecule has 0 aromatic carbocycles. The third-order valence-corrected chi connectivity index (χ3v) is 4.07. The van der Waals surface area contributed by atoms with Crippen molar-refractivity contribution in [3.05, 3.63) is 34.1 Å². The smallest absolute Gasteiger partial charge is 0.259 e. The lowest BCUT2D eigenvalue weighted by Gasteiger charge is -2.04. The molecule has 0 aliphatic carbocycles. The summed E-state index contributed by atoms with van der Waals surface area (Å²) < 4.78 is 2.91. The van der Waals surface area contributed by atoms with Crippen LogP contribution in [-0.2, 0) is 6.54 Å². The van der Waals surface area contributed by atoms with Gasteiger partial charge in [0.05, 0.1) is 5.39 Å². The minimum atomic E-state index is 0.151. The van der Waals surface area contributed by atoms with E-state index in [0.29, 0.717) is 0 Å². The molecule has 0 amide bonds. The maximum Gasteiger partial charge on any atom is 0.259 e. The van der Waals surface area contributed by atoms with E-state index in [9.17, 15) is 4.79 Å². The van der Waals surface area contributed by atoms with Gasteiger partial charge in [-0.25, -0.2) is 0 Å². The second kappa shape index (κ2) is 5.64. The molecule has 0 unspecified atom stereocenters. The first-order valence-corrected chi connectivity index (χ1v) is 7.45. The van der Waals surface area contributed by atoms with Crippen LogP contribution in [0.3, 0.4) is 0 Å². The second-order valence-electron chi connectivity index (χ2n) is 3.76. The van der Waals surface area contributed by atoms with Crippen molar-refractivity contribution < 1.29 is 0 Å². The zero-order valence-corrected chi connectivity index (χ0v) is 11.4. The standard InChI is InChI=1S/C12H14BrNOS/c13-6-2-1-3-7-14-8-4-11-10(12(14)15)5-9-16-11/h4-5,8-9H,1-3,6-7H2. The molecule has 4 heteroatoms. The number of alkyl halides is 1. The summed E-state index contributed by atoms with van der Waals surface area (Å²) in [6.45, 7) is 0.831. The Balaban J connectivity index is 2.12. The second-order valence-corrected chi connectivity index (χ2v) is 5.50. The largest absolute Gasteiger partial charge is 0.315 e. The van der Waals surface area contributed by atoms with E-state index in [4.69, 9.17) is 0 Å². The van der Waals surface area contributed by atoms with Gasteiger partial charge in [-0.05, 0) is 30.4 Å². The summed E-state index contributed by atoms with van der Waals surface area (Å²) >= 11 is 5.03. The fourth-order valence-corrected chi connectivity index (χ4v) is 2.91. The van der Waals surface area contributed by atoms with E-state index in [2.05, 4.69) is 15.9 Å². The highest BCUT2D eigenvalue weighted by molar-refractivity contribution is 9.09. The fraction of sp³-hybridized carbons (Fsp3) is 0.417. The maximum atomic E-state index is 12.0. The third-order valence-electron chi connectivity index (χ3n) is 2.62. The zero-order chi connectivity index (χ0) is 11.4. The van der Waals surface area contributed by atoms with E-state index in [1.165, 1.54) is 12.8 Å². The molecule has 0 saturated heterocycles. The number of hydrogen-bond acceptors (Lipinski definition) is 2. The van der Waals surface area contributed by atoms with Crippen LogP contribution in [0.5, 0.6) is 0 Å². The lowest BCUT2D eigenvalue weighted by molar-refractivity contribution is 0.593. The molecule has 0 N–H and O–H groups in total. The number of thiophene rings is 1. The molecule has 2 nitrogen and oxygen atoms in total. The van der Waals surface area contributed by atoms with Crippen molar-refractivity contribution in [2.45, 2.75) is 25.8 Å². The van der Waals surface area contributed by atoms with Crippen LogP contribution in [0.4, 0.5) is 0 Å². The molecule has 0 atom stereocenters. The number of hydrogen-bond donors (Lipinski definition) is 0. The highest BCUT2D eigenvalue weighted by Gasteiger charge is 2.02. The van der Waals surface area contributed by atoms with Crippen LogP contribution in [0.15, 0.2) is 28.5 Å². The third kappa shape index (κ3) is 2.55. The number of aryl methyl sites for hydroxylation is 1. The summed E-state index contributed by atoms with van der Waals surface area (Å²) in [7, 11) is 0. The molecule has 0 aliphatic rings. The number of pyridine rings is 1. The van der Waals surface area contributed by atoms with E-state index in [1.54, 1.807) is 11.3 Å². The van der Waals surface area contributed by atoms with Gasteiger partial charge in [0, 0.05) is 22.8 Å². The van der Waals surface area contributed by atoms with E-state index in [0.717, 1.165) is 28.4 Å². The summed E-state index contributed by atoms with van der Waals surface area (Å²) in [4.78, 5) is 12.0. The Morgan fingerprint density at radius 3 is 2.94 bits per heavy atom. The summed E-state index contributed by atoms with van der Waals surface area (Å²) in [6, 6.07) is 3.95. The van der Waals surface area contributed by atoms with E-state index in [1.807, 2.05) is 28.3 Å². The number of aromatic nitrogens is 1. The molecule has 0 spiro atoms. The van der Waals surface area contributed by atoms with Crippen molar-refractivity contribution in [2.24, 2.45) is 0 Å². The molecule has 0 bridgehead atoms. The van der Waals surface area contributed by atoms with Crippen molar-refractivity contribution in [1.82, 2.24) is 4.57 Å². The lowest BCUT2D eigenvalue weighted by Crippen LogP contribution is -2.18. The molecule has 0 fully saturated rings. The summed E-state index contributed by atoms with van der Waals surface area (Å²) in [5.41, 5.74) is 0.151. The van der Waals surface area contributed by atoms with Gasteiger partial charge in [0.25, 0.3) is 5.56 Å². The zero-order valence-electron chi connectivity index (χ0n) is 8.99. The highest BCUT2D eigenvalue weighted by Crippen LogP contribution is 2.16. The number of nitrogens with zero attached hydrogens (tertiary/aromatic N) is 1. The molecule has 0 radical (unpaired) electrons. The van der Waals surface area contributed by atoms with Crippen molar-refractivity contribution >= 4 is 37.4 Å². The minimum absolute atomic E-state index is 0.151. The molecule has 2 aromatic heterocycles. The van der Waals surface area contributed by atoms with Crippen LogP contribution < -0.4 is 5.56 Å². The van der Waals surface area contributed by atoms with Gasteiger partial charge in [0.15, 0.2) is 0 Å². The first-order chi connectivity index (χ1) is 7.83. The Labute approximate surface area is 107 Å². The average molecular weight is 300 g/mol. The first-order valence-electron chi connectivity index (χ1n) is 5.45. The number of unbranched alkanes of at least 4 members (excludes halogenated alkanes) is 2. The van der Waals surface area contributed by atoms with Gasteiger partial charge in [0.1, 0.15) is 0 Å². The van der Waals surface area contributed by atoms with Crippen molar-refractivity contribution in [1.29, 1.82) is 0 Å². The topological polar surface area (TPSA) is 22.0 Å². The Morgan fingerprint density at radius 1 is 1.25 bits per heavy atom. The predicted octanol–water partition coefficient (Wildman–Crippen LogP) is 3.63. The molecule has 0 saturated carbocycles. The minimum Gasteiger partial charge on any atom is -0.315 e. The monoisotopic (exact) mass is 299 g/mol. The Morgan fingerprint density at radius 2 is 2.12 bits per heavy atom. The average Bonchev–Trinajstić information content (AvgIpc) is 2.76. The van der Waals surface area contributed by atoms with E-state index < -0.39 is 0 Å². The molecule has 0 aliphatic heterocycles. The van der Waals surface area contributed by atoms with Gasteiger partial charge in [-0.3, -0.25) is 4.79 Å². The fourth-order valence-electron chi connectivity index (χ4n) is 1.74. The molecule has 2 rings (SSSR count). The summed E-state index contributed by atoms with van der Waals surface area (Å²) in [6.07, 6.45) is 5.32. The molecule has 2 heterocycles. The van der Waals surface area contributed by atoms with Gasteiger partial charge in [0.2, 0.25) is 0 Å². The molecule has 16 heavy (non-hydrogen) atoms. The van der Waals surface area contributed by atoms with E-state index >= 15 is 0 Å². The van der Waals surface area contributed by atoms with Crippen molar-refractivity contribution in [3.8, 4) is 0 Å². The highest BCUT2D eigenvalue weighted by atomic mass is 79.9. The van der Waals surface area contributed by atoms with E-state index in [-0.39, 0.29) is 5.56 Å². The summed E-state index contributed by atoms with van der Waals surface area (Å²) in [5, 5.41) is 3.88. The SMILES string of the molecule is O=c1c2ccsc2ccn1CCCCCBr. The van der Waals surface area contributed by atoms with Gasteiger partial charge in [-0.1, -0.05) is 22.4 Å². The van der Waals surface area contributed by atoms with Crippen LogP contribution >= 0.6 is 27.3 Å². The van der Waals surface area contributed by atoms with Crippen LogP contribution in [0.25, 0.3) is 10.1 Å². The van der Waals surface area contributed by atoms with Gasteiger partial charge >= 0.3 is 0 Å². The van der Waals surface area contributed by atoms with Gasteiger partial charge in [-0.15, -0.1) is 11.3 Å². The van der Waals surface area contributed by atoms with Gasteiger partial charge < -0.3 is 4.57 Å². The number of rotatable bonds is 5. The van der Waals surface area contributed by atoms with Crippen LogP contribution in [0.2, 0.25) is 0 Å². The Hall–Kier alpha value is -0.610. The Kier molecular flexibility index (Phi) is 4.18. The molecule has 86 valence electrons. The van der Waals surface area contributed by atoms with Crippen LogP contribution in [0, 0.1) is 0 Å². The van der Waals surface area contributed by atoms with Gasteiger partial charge in [-0.2, -0.15) is 0 Å². The number of fused-ring (bicyclic) bond motifs is 1.